The van der Waals surface area contributed by atoms with Gasteiger partial charge in [0.15, 0.2) is 0 Å². The molecule has 0 saturated carbocycles. The Morgan fingerprint density at radius 3 is 2.72 bits per heavy atom. The SMILES string of the molecule is CC(C)CCn1c(=O)[nH]c2cc(Cl)ccc2c1=O. The highest BCUT2D eigenvalue weighted by atomic mass is 35.5. The third-order valence-electron chi connectivity index (χ3n) is 2.87. The van der Waals surface area contributed by atoms with Gasteiger partial charge < -0.3 is 4.98 Å². The molecule has 0 aliphatic rings. The highest BCUT2D eigenvalue weighted by Crippen LogP contribution is 2.13. The fraction of sp³-hybridized carbons (Fsp3) is 0.385. The van der Waals surface area contributed by atoms with Crippen molar-refractivity contribution in [3.8, 4) is 0 Å². The molecule has 0 aliphatic heterocycles. The average molecular weight is 267 g/mol. The van der Waals surface area contributed by atoms with E-state index in [1.807, 2.05) is 0 Å². The van der Waals surface area contributed by atoms with Crippen molar-refractivity contribution in [2.75, 3.05) is 0 Å². The van der Waals surface area contributed by atoms with Gasteiger partial charge in [-0.3, -0.25) is 9.36 Å². The zero-order valence-electron chi connectivity index (χ0n) is 10.4. The summed E-state index contributed by atoms with van der Waals surface area (Å²) in [4.78, 5) is 26.7. The van der Waals surface area contributed by atoms with Crippen molar-refractivity contribution in [1.29, 1.82) is 0 Å². The Labute approximate surface area is 109 Å². The first-order chi connectivity index (χ1) is 8.49. The lowest BCUT2D eigenvalue weighted by Crippen LogP contribution is -2.35. The van der Waals surface area contributed by atoms with E-state index in [4.69, 9.17) is 11.6 Å². The molecule has 0 amide bonds. The lowest BCUT2D eigenvalue weighted by atomic mass is 10.1. The quantitative estimate of drug-likeness (QED) is 0.927. The fourth-order valence-electron chi connectivity index (χ4n) is 1.82. The second-order valence-corrected chi connectivity index (χ2v) is 5.20. The number of benzene rings is 1. The molecule has 1 N–H and O–H groups in total. The number of rotatable bonds is 3. The van der Waals surface area contributed by atoms with Crippen LogP contribution in [-0.4, -0.2) is 9.55 Å². The Morgan fingerprint density at radius 1 is 1.33 bits per heavy atom. The van der Waals surface area contributed by atoms with Gasteiger partial charge in [-0.25, -0.2) is 4.79 Å². The van der Waals surface area contributed by atoms with Crippen molar-refractivity contribution in [2.24, 2.45) is 5.92 Å². The first kappa shape index (κ1) is 12.9. The lowest BCUT2D eigenvalue weighted by molar-refractivity contribution is 0.497. The standard InChI is InChI=1S/C13H15ClN2O2/c1-8(2)5-6-16-12(17)10-4-3-9(14)7-11(10)15-13(16)18/h3-4,7-8H,5-6H2,1-2H3,(H,15,18). The first-order valence-electron chi connectivity index (χ1n) is 5.91. The molecule has 1 aromatic heterocycles. The minimum absolute atomic E-state index is 0.258. The molecule has 0 aliphatic carbocycles. The topological polar surface area (TPSA) is 54.9 Å². The number of hydrogen-bond donors (Lipinski definition) is 1. The highest BCUT2D eigenvalue weighted by molar-refractivity contribution is 6.31. The predicted molar refractivity (Wildman–Crippen MR) is 73.3 cm³/mol. The van der Waals surface area contributed by atoms with Gasteiger partial charge in [-0.15, -0.1) is 0 Å². The van der Waals surface area contributed by atoms with Gasteiger partial charge in [0.2, 0.25) is 0 Å². The molecule has 4 nitrogen and oxygen atoms in total. The van der Waals surface area contributed by atoms with Crippen LogP contribution < -0.4 is 11.2 Å². The van der Waals surface area contributed by atoms with Gasteiger partial charge in [-0.2, -0.15) is 0 Å². The van der Waals surface area contributed by atoms with E-state index in [0.717, 1.165) is 6.42 Å². The molecule has 2 rings (SSSR count). The van der Waals surface area contributed by atoms with Crippen LogP contribution in [0.3, 0.4) is 0 Å². The van der Waals surface area contributed by atoms with Crippen molar-refractivity contribution < 1.29 is 0 Å². The van der Waals surface area contributed by atoms with Crippen LogP contribution in [0, 0.1) is 5.92 Å². The lowest BCUT2D eigenvalue weighted by Gasteiger charge is -2.08. The molecular formula is C13H15ClN2O2. The zero-order chi connectivity index (χ0) is 13.3. The van der Waals surface area contributed by atoms with Crippen molar-refractivity contribution >= 4 is 22.5 Å². The van der Waals surface area contributed by atoms with Gasteiger partial charge in [0.05, 0.1) is 10.9 Å². The molecule has 0 atom stereocenters. The molecule has 0 spiro atoms. The van der Waals surface area contributed by atoms with Crippen molar-refractivity contribution in [3.63, 3.8) is 0 Å². The Balaban J connectivity index is 2.59. The average Bonchev–Trinajstić information content (AvgIpc) is 2.27. The summed E-state index contributed by atoms with van der Waals surface area (Å²) in [5.74, 6) is 0.442. The van der Waals surface area contributed by atoms with Crippen LogP contribution in [0.25, 0.3) is 10.9 Å². The summed E-state index contributed by atoms with van der Waals surface area (Å²) in [5, 5.41) is 0.986. The monoisotopic (exact) mass is 266 g/mol. The number of nitrogens with zero attached hydrogens (tertiary/aromatic N) is 1. The predicted octanol–water partition coefficient (Wildman–Crippen LogP) is 2.39. The molecule has 96 valence electrons. The van der Waals surface area contributed by atoms with E-state index in [-0.39, 0.29) is 11.2 Å². The number of aromatic nitrogens is 2. The normalized spacial score (nSPS) is 11.3. The Morgan fingerprint density at radius 2 is 2.06 bits per heavy atom. The van der Waals surface area contributed by atoms with Crippen LogP contribution in [-0.2, 0) is 6.54 Å². The second kappa shape index (κ2) is 4.98. The van der Waals surface area contributed by atoms with Crippen LogP contribution in [0.15, 0.2) is 27.8 Å². The van der Waals surface area contributed by atoms with Crippen LogP contribution in [0.4, 0.5) is 0 Å². The van der Waals surface area contributed by atoms with Gasteiger partial charge in [0.1, 0.15) is 0 Å². The fourth-order valence-corrected chi connectivity index (χ4v) is 1.99. The van der Waals surface area contributed by atoms with E-state index in [9.17, 15) is 9.59 Å². The summed E-state index contributed by atoms with van der Waals surface area (Å²) >= 11 is 5.83. The molecule has 0 radical (unpaired) electrons. The molecule has 0 fully saturated rings. The largest absolute Gasteiger partial charge is 0.328 e. The molecule has 0 bridgehead atoms. The van der Waals surface area contributed by atoms with Gasteiger partial charge in [0, 0.05) is 11.6 Å². The number of fused-ring (bicyclic) bond motifs is 1. The molecule has 5 heteroatoms. The van der Waals surface area contributed by atoms with Crippen molar-refractivity contribution in [3.05, 3.63) is 44.1 Å². The maximum Gasteiger partial charge on any atom is 0.328 e. The maximum atomic E-state index is 12.2. The Kier molecular flexibility index (Phi) is 3.57. The van der Waals surface area contributed by atoms with E-state index in [1.54, 1.807) is 18.2 Å². The highest BCUT2D eigenvalue weighted by Gasteiger charge is 2.08. The number of hydrogen-bond acceptors (Lipinski definition) is 2. The molecule has 1 aromatic carbocycles. The number of nitrogens with one attached hydrogen (secondary N) is 1. The second-order valence-electron chi connectivity index (χ2n) is 4.76. The molecular weight excluding hydrogens is 252 g/mol. The smallest absolute Gasteiger partial charge is 0.307 e. The molecule has 0 saturated heterocycles. The summed E-state index contributed by atoms with van der Waals surface area (Å²) in [6, 6.07) is 4.88. The third-order valence-corrected chi connectivity index (χ3v) is 3.11. The van der Waals surface area contributed by atoms with Gasteiger partial charge >= 0.3 is 5.69 Å². The summed E-state index contributed by atoms with van der Waals surface area (Å²) < 4.78 is 1.25. The Hall–Kier alpha value is -1.55. The van der Waals surface area contributed by atoms with E-state index < -0.39 is 0 Å². The van der Waals surface area contributed by atoms with Crippen LogP contribution in [0.5, 0.6) is 0 Å². The van der Waals surface area contributed by atoms with Crippen LogP contribution in [0.1, 0.15) is 20.3 Å². The first-order valence-corrected chi connectivity index (χ1v) is 6.29. The summed E-state index contributed by atoms with van der Waals surface area (Å²) in [5.41, 5.74) is -0.153. The number of H-pyrrole nitrogens is 1. The van der Waals surface area contributed by atoms with Gasteiger partial charge in [-0.05, 0) is 30.5 Å². The van der Waals surface area contributed by atoms with E-state index in [2.05, 4.69) is 18.8 Å². The van der Waals surface area contributed by atoms with Gasteiger partial charge in [-0.1, -0.05) is 25.4 Å². The minimum atomic E-state index is -0.379. The third kappa shape index (κ3) is 2.48. The Bertz CT molecular complexity index is 685. The summed E-state index contributed by atoms with van der Waals surface area (Å²) in [6.07, 6.45) is 0.794. The molecule has 2 aromatic rings. The van der Waals surface area contributed by atoms with Crippen molar-refractivity contribution in [2.45, 2.75) is 26.8 Å². The van der Waals surface area contributed by atoms with Crippen LogP contribution in [0.2, 0.25) is 5.02 Å². The molecule has 18 heavy (non-hydrogen) atoms. The summed E-state index contributed by atoms with van der Waals surface area (Å²) in [7, 11) is 0. The van der Waals surface area contributed by atoms with Crippen molar-refractivity contribution in [1.82, 2.24) is 9.55 Å². The zero-order valence-corrected chi connectivity index (χ0v) is 11.1. The van der Waals surface area contributed by atoms with Gasteiger partial charge in [0.25, 0.3) is 5.56 Å². The van der Waals surface area contributed by atoms with E-state index >= 15 is 0 Å². The molecule has 1 heterocycles. The van der Waals surface area contributed by atoms with E-state index in [0.29, 0.717) is 28.4 Å². The van der Waals surface area contributed by atoms with Crippen LogP contribution >= 0.6 is 11.6 Å². The molecule has 0 unspecified atom stereocenters. The minimum Gasteiger partial charge on any atom is -0.307 e. The summed E-state index contributed by atoms with van der Waals surface area (Å²) in [6.45, 7) is 4.55. The number of aromatic amines is 1. The number of halogens is 1. The maximum absolute atomic E-state index is 12.2. The van der Waals surface area contributed by atoms with E-state index in [1.165, 1.54) is 4.57 Å².